The minimum absolute atomic E-state index is 0.0331. The molecule has 4 amide bonds. The van der Waals surface area contributed by atoms with E-state index < -0.39 is 98.5 Å². The third kappa shape index (κ3) is 22.7. The number of amides is 4. The molecule has 20 nitrogen and oxygen atoms in total. The van der Waals surface area contributed by atoms with E-state index in [9.17, 15) is 43.5 Å². The number of aliphatic hydroxyl groups excluding tert-OH is 1. The summed E-state index contributed by atoms with van der Waals surface area (Å²) in [6.45, 7) is 31.9. The summed E-state index contributed by atoms with van der Waals surface area (Å²) in [6.07, 6.45) is 10.5. The molecule has 6 bridgehead atoms. The number of ether oxygens (including phenoxy) is 5. The van der Waals surface area contributed by atoms with Crippen LogP contribution in [-0.2, 0) is 46.9 Å². The predicted octanol–water partition coefficient (Wildman–Crippen LogP) is 9.79. The van der Waals surface area contributed by atoms with E-state index in [-0.39, 0.29) is 65.4 Å². The Hall–Kier alpha value is -8.04. The van der Waals surface area contributed by atoms with Crippen molar-refractivity contribution in [2.45, 2.75) is 204 Å². The molecule has 0 saturated carbocycles. The van der Waals surface area contributed by atoms with Crippen LogP contribution in [-0.4, -0.2) is 141 Å². The van der Waals surface area contributed by atoms with Crippen LogP contribution in [0.4, 0.5) is 24.0 Å². The second-order valence-electron chi connectivity index (χ2n) is 26.5. The lowest BCUT2D eigenvalue weighted by Gasteiger charge is -2.44. The van der Waals surface area contributed by atoms with Crippen molar-refractivity contribution in [1.82, 2.24) is 21.3 Å². The van der Waals surface area contributed by atoms with Gasteiger partial charge >= 0.3 is 29.8 Å². The minimum Gasteiger partial charge on any atom is -0.444 e. The number of fused-ring (bicyclic) bond motifs is 6. The number of ketones is 3. The Kier molecular flexibility index (Phi) is 26.4. The highest BCUT2D eigenvalue weighted by Gasteiger charge is 2.53. The highest BCUT2D eigenvalue weighted by Crippen LogP contribution is 2.44. The maximum atomic E-state index is 13.8. The number of nitrogens with one attached hydrogen (secondary N) is 4. The van der Waals surface area contributed by atoms with Gasteiger partial charge in [-0.2, -0.15) is 0 Å². The topological polar surface area (TPSA) is 270 Å². The first-order valence-corrected chi connectivity index (χ1v) is 36.0. The molecule has 5 N–H and O–H groups in total. The van der Waals surface area contributed by atoms with Crippen molar-refractivity contribution in [3.63, 3.8) is 0 Å². The van der Waals surface area contributed by atoms with Crippen LogP contribution < -0.4 is 21.3 Å². The quantitative estimate of drug-likeness (QED) is 0.0377. The van der Waals surface area contributed by atoms with Gasteiger partial charge in [0.2, 0.25) is 23.0 Å². The fourth-order valence-corrected chi connectivity index (χ4v) is 11.4. The van der Waals surface area contributed by atoms with Gasteiger partial charge in [-0.3, -0.25) is 14.4 Å². The molecule has 0 aromatic rings. The molecule has 91 heavy (non-hydrogen) atoms. The van der Waals surface area contributed by atoms with E-state index in [0.717, 1.165) is 0 Å². The monoisotopic (exact) mass is 1300 g/mol. The van der Waals surface area contributed by atoms with Gasteiger partial charge < -0.3 is 58.9 Å². The second kappa shape index (κ2) is 31.8. The third-order valence-corrected chi connectivity index (χ3v) is 23.9. The summed E-state index contributed by atoms with van der Waals surface area (Å²) in [5.41, 5.74) is -6.08. The van der Waals surface area contributed by atoms with Crippen molar-refractivity contribution < 1.29 is 76.0 Å². The number of carbonyl (C=O) groups excluding carboxylic acids is 8. The van der Waals surface area contributed by atoms with E-state index in [4.69, 9.17) is 44.1 Å². The average Bonchev–Trinajstić information content (AvgIpc) is 0.788. The Bertz CT molecular complexity index is 3430. The van der Waals surface area contributed by atoms with Crippen LogP contribution in [0.3, 0.4) is 0 Å². The first-order valence-electron chi connectivity index (χ1n) is 29.8. The van der Waals surface area contributed by atoms with Crippen LogP contribution in [0.15, 0.2) is 71.4 Å². The number of hydrogen-bond acceptors (Lipinski definition) is 16. The lowest BCUT2D eigenvalue weighted by molar-refractivity contribution is -0.130. The molecule has 6 aliphatic carbocycles. The van der Waals surface area contributed by atoms with E-state index >= 15 is 0 Å². The maximum Gasteiger partial charge on any atom is 0.408 e. The third-order valence-electron chi connectivity index (χ3n) is 14.9. The van der Waals surface area contributed by atoms with Crippen LogP contribution in [0, 0.1) is 71.0 Å². The van der Waals surface area contributed by atoms with Gasteiger partial charge in [-0.25, -0.2) is 24.0 Å². The Morgan fingerprint density at radius 2 is 0.802 bits per heavy atom. The van der Waals surface area contributed by atoms with Crippen molar-refractivity contribution in [3.05, 3.63) is 71.4 Å². The van der Waals surface area contributed by atoms with Crippen molar-refractivity contribution >= 4 is 75.4 Å². The minimum atomic E-state index is -2.37. The number of rotatable bonds is 13. The zero-order chi connectivity index (χ0) is 68.3. The van der Waals surface area contributed by atoms with E-state index in [0.29, 0.717) is 37.7 Å². The molecular formula is C68H85ClN4O16Si2. The number of hydrogen-bond donors (Lipinski definition) is 5. The highest BCUT2D eigenvalue weighted by molar-refractivity contribution is 6.75. The fourth-order valence-electron chi connectivity index (χ4n) is 8.44. The summed E-state index contributed by atoms with van der Waals surface area (Å²) in [7, 11) is -4.57. The summed E-state index contributed by atoms with van der Waals surface area (Å²) >= 11 is 5.35. The van der Waals surface area contributed by atoms with E-state index in [1.54, 1.807) is 84.1 Å². The Labute approximate surface area is 542 Å². The molecule has 0 heterocycles. The number of allylic oxidation sites excluding steroid dienone is 9. The summed E-state index contributed by atoms with van der Waals surface area (Å²) in [5, 5.41) is 20.1. The second-order valence-corrected chi connectivity index (χ2v) is 36.2. The first kappa shape index (κ1) is 75.4. The molecule has 0 aromatic carbocycles. The maximum absolute atomic E-state index is 13.8. The molecular weight excluding hydrogens is 1220 g/mol. The van der Waals surface area contributed by atoms with E-state index in [1.807, 2.05) is 0 Å². The smallest absolute Gasteiger partial charge is 0.408 e. The van der Waals surface area contributed by atoms with Gasteiger partial charge in [-0.05, 0) is 164 Å². The molecule has 0 fully saturated rings. The number of alkyl carbamates (subject to hydrolysis) is 4. The zero-order valence-corrected chi connectivity index (χ0v) is 57.7. The predicted molar refractivity (Wildman–Crippen MR) is 349 cm³/mol. The van der Waals surface area contributed by atoms with E-state index in [2.05, 4.69) is 160 Å². The standard InChI is InChI=1S/C27H38N2O6Si.C22H23ClN2O7.C19H24O3Si/c1-25(2,3)34-24(32)29-19-18-28-23(31)33-21-15-11-9-10-12-16-27(17-13-14-20(21)22(27)30)35-36(7,8)26(4,5)6;1-21(2,3)32-20(29)25-14-13-24-19(28)30-16-10-6-4-5-7-11-22(31-18(23)27)12-8-9-15(16)17(22)26;1-18(2,3)23(4,5)22-19-13-9-7-6-8-12-16(20)15(17(19)21)11-10-14-19/h9-10,14,21H,13,17-19H2,1-8H3,(H,28,31)(H,29,32);4-5,9,16H,8,12-14H2,1-3H3,(H,24,28)(H,25,29);6-7,11,16,20H,10,14H2,1-5H3/b10-9-;5-4-;7-6-. The molecule has 6 rings (SSSR count). The van der Waals surface area contributed by atoms with Crippen LogP contribution >= 0.6 is 11.6 Å². The lowest BCUT2D eigenvalue weighted by atomic mass is 9.81. The highest BCUT2D eigenvalue weighted by atomic mass is 35.5. The number of Topliss-reactive ketones (excluding diaryl/α,β-unsaturated/α-hetero) is 3. The Morgan fingerprint density at radius 1 is 0.495 bits per heavy atom. The van der Waals surface area contributed by atoms with Gasteiger partial charge in [0.05, 0.1) is 0 Å². The van der Waals surface area contributed by atoms with Gasteiger partial charge in [0, 0.05) is 60.9 Å². The zero-order valence-electron chi connectivity index (χ0n) is 54.9. The van der Waals surface area contributed by atoms with Gasteiger partial charge in [0.15, 0.2) is 40.0 Å². The van der Waals surface area contributed by atoms with Crippen molar-refractivity contribution in [1.29, 1.82) is 0 Å². The van der Waals surface area contributed by atoms with Crippen LogP contribution in [0.1, 0.15) is 122 Å². The van der Waals surface area contributed by atoms with Crippen LogP contribution in [0.2, 0.25) is 36.3 Å². The molecule has 0 saturated heterocycles. The average molecular weight is 1310 g/mol. The molecule has 0 radical (unpaired) electrons. The largest absolute Gasteiger partial charge is 0.444 e. The molecule has 6 aliphatic rings. The molecule has 6 atom stereocenters. The number of carbonyl (C=O) groups is 8. The number of aliphatic hydroxyl groups is 1. The van der Waals surface area contributed by atoms with E-state index in [1.165, 1.54) is 12.2 Å². The molecule has 0 aliphatic heterocycles. The van der Waals surface area contributed by atoms with Gasteiger partial charge in [0.1, 0.15) is 17.3 Å². The van der Waals surface area contributed by atoms with Gasteiger partial charge in [-0.15, -0.1) is 0 Å². The summed E-state index contributed by atoms with van der Waals surface area (Å²) < 4.78 is 39.2. The summed E-state index contributed by atoms with van der Waals surface area (Å²) in [6, 6.07) is 0. The number of halogens is 1. The summed E-state index contributed by atoms with van der Waals surface area (Å²) in [5.74, 6) is 32.3. The molecule has 0 aromatic heterocycles. The molecule has 488 valence electrons. The molecule has 0 spiro atoms. The Morgan fingerprint density at radius 3 is 1.16 bits per heavy atom. The van der Waals surface area contributed by atoms with Crippen LogP contribution in [0.5, 0.6) is 0 Å². The van der Waals surface area contributed by atoms with Crippen molar-refractivity contribution in [2.24, 2.45) is 0 Å². The molecule has 6 unspecified atom stereocenters. The fraction of sp³-hybridized carbons (Fsp3) is 0.529. The van der Waals surface area contributed by atoms with Crippen molar-refractivity contribution in [3.8, 4) is 71.0 Å². The van der Waals surface area contributed by atoms with Crippen molar-refractivity contribution in [2.75, 3.05) is 26.2 Å². The van der Waals surface area contributed by atoms with Gasteiger partial charge in [0.25, 0.3) is 0 Å². The lowest BCUT2D eigenvalue weighted by Crippen LogP contribution is -2.55. The summed E-state index contributed by atoms with van der Waals surface area (Å²) in [4.78, 5) is 99.3. The Balaban J connectivity index is 0.000000298. The van der Waals surface area contributed by atoms with Crippen LogP contribution in [0.25, 0.3) is 0 Å². The van der Waals surface area contributed by atoms with Gasteiger partial charge in [-0.1, -0.05) is 113 Å². The first-order chi connectivity index (χ1) is 42.2. The normalized spacial score (nSPS) is 24.0. The SMILES string of the molecule is CC(C)(C)OC(=O)NCCNC(=O)OC1C#C/C=C\C#CC2(OC(=O)Cl)CCC=C1C2=O.CC(C)(C)OC(=O)NCCNC(=O)OC1C#C/C=C\C#CC2(O[Si](C)(C)C(C)(C)C)CCC=C1C2=O.CC(C)(C)[Si](C)(C)OC12C#C/C=C\C#CC(O)C(=CCC1)C2=O. The molecule has 23 heteroatoms.